The van der Waals surface area contributed by atoms with Crippen molar-refractivity contribution in [1.82, 2.24) is 5.32 Å². The number of aryl methyl sites for hydroxylation is 2. The number of rotatable bonds is 3. The number of piperidine rings is 1. The lowest BCUT2D eigenvalue weighted by Gasteiger charge is -2.30. The number of hydrogen-bond donors (Lipinski definition) is 1. The van der Waals surface area contributed by atoms with Crippen LogP contribution in [0.4, 0.5) is 0 Å². The average molecular weight is 293 g/mol. The number of ketones is 1. The first kappa shape index (κ1) is 15.0. The molecule has 0 aromatic heterocycles. The molecule has 0 aliphatic carbocycles. The van der Waals surface area contributed by atoms with Crippen molar-refractivity contribution in [1.29, 1.82) is 0 Å². The monoisotopic (exact) mass is 293 g/mol. The Morgan fingerprint density at radius 1 is 0.909 bits per heavy atom. The van der Waals surface area contributed by atoms with E-state index in [9.17, 15) is 4.79 Å². The Kier molecular flexibility index (Phi) is 4.39. The maximum atomic E-state index is 12.5. The Bertz CT molecular complexity index is 597. The summed E-state index contributed by atoms with van der Waals surface area (Å²) in [7, 11) is 0. The molecule has 2 aromatic rings. The Balaban J connectivity index is 2.02. The number of benzene rings is 2. The van der Waals surface area contributed by atoms with Crippen molar-refractivity contribution in [2.45, 2.75) is 26.2 Å². The summed E-state index contributed by atoms with van der Waals surface area (Å²) in [6.07, 6.45) is 0.638. The van der Waals surface area contributed by atoms with Crippen LogP contribution in [0.25, 0.3) is 0 Å². The summed E-state index contributed by atoms with van der Waals surface area (Å²) >= 11 is 0. The fourth-order valence-electron chi connectivity index (χ4n) is 3.28. The van der Waals surface area contributed by atoms with Crippen LogP contribution in [0.3, 0.4) is 0 Å². The first-order chi connectivity index (χ1) is 10.6. The van der Waals surface area contributed by atoms with Gasteiger partial charge in [0, 0.05) is 31.3 Å². The number of hydrogen-bond acceptors (Lipinski definition) is 2. The largest absolute Gasteiger partial charge is 0.316 e. The number of carbonyl (C=O) groups excluding carboxylic acids is 1. The summed E-state index contributed by atoms with van der Waals surface area (Å²) in [6.45, 7) is 5.77. The second kappa shape index (κ2) is 6.45. The van der Waals surface area contributed by atoms with Gasteiger partial charge in [-0.05, 0) is 25.0 Å². The molecule has 22 heavy (non-hydrogen) atoms. The van der Waals surface area contributed by atoms with Crippen LogP contribution in [0.2, 0.25) is 0 Å². The third kappa shape index (κ3) is 3.12. The van der Waals surface area contributed by atoms with Gasteiger partial charge in [-0.1, -0.05) is 59.7 Å². The van der Waals surface area contributed by atoms with Crippen molar-refractivity contribution in [3.05, 3.63) is 70.8 Å². The van der Waals surface area contributed by atoms with Crippen LogP contribution >= 0.6 is 0 Å². The van der Waals surface area contributed by atoms with Gasteiger partial charge in [0.2, 0.25) is 0 Å². The van der Waals surface area contributed by atoms with Crippen LogP contribution in [0.1, 0.15) is 34.6 Å². The fourth-order valence-corrected chi connectivity index (χ4v) is 3.28. The van der Waals surface area contributed by atoms with E-state index in [-0.39, 0.29) is 11.8 Å². The van der Waals surface area contributed by atoms with Crippen molar-refractivity contribution in [2.75, 3.05) is 13.1 Å². The molecule has 114 valence electrons. The van der Waals surface area contributed by atoms with Crippen molar-refractivity contribution in [3.8, 4) is 0 Å². The first-order valence-corrected chi connectivity index (χ1v) is 8.02. The zero-order valence-corrected chi connectivity index (χ0v) is 13.3. The maximum Gasteiger partial charge on any atom is 0.139 e. The summed E-state index contributed by atoms with van der Waals surface area (Å²) in [5, 5.41) is 3.39. The topological polar surface area (TPSA) is 29.1 Å². The number of carbonyl (C=O) groups is 1. The highest BCUT2D eigenvalue weighted by Gasteiger charge is 2.32. The van der Waals surface area contributed by atoms with Crippen molar-refractivity contribution < 1.29 is 4.79 Å². The van der Waals surface area contributed by atoms with Gasteiger partial charge < -0.3 is 5.32 Å². The smallest absolute Gasteiger partial charge is 0.139 e. The zero-order valence-electron chi connectivity index (χ0n) is 13.3. The van der Waals surface area contributed by atoms with E-state index in [1.165, 1.54) is 22.3 Å². The second-order valence-electron chi connectivity index (χ2n) is 6.33. The van der Waals surface area contributed by atoms with E-state index >= 15 is 0 Å². The van der Waals surface area contributed by atoms with E-state index < -0.39 is 0 Å². The molecule has 2 aromatic carbocycles. The normalized spacial score (nSPS) is 18.7. The molecule has 1 aliphatic rings. The summed E-state index contributed by atoms with van der Waals surface area (Å²) in [5.74, 6) is 0.547. The molecular weight excluding hydrogens is 270 g/mol. The predicted molar refractivity (Wildman–Crippen MR) is 90.2 cm³/mol. The first-order valence-electron chi connectivity index (χ1n) is 8.02. The molecule has 1 atom stereocenters. The molecule has 1 fully saturated rings. The van der Waals surface area contributed by atoms with Gasteiger partial charge in [0.25, 0.3) is 0 Å². The van der Waals surface area contributed by atoms with Crippen molar-refractivity contribution >= 4 is 5.78 Å². The minimum absolute atomic E-state index is 0.0270. The van der Waals surface area contributed by atoms with Crippen molar-refractivity contribution in [3.63, 3.8) is 0 Å². The SMILES string of the molecule is Cc1ccc(C(c2ccc(C)cc2)C2CNCCC2=O)cc1. The van der Waals surface area contributed by atoms with Gasteiger partial charge >= 0.3 is 0 Å². The average Bonchev–Trinajstić information content (AvgIpc) is 2.53. The molecule has 1 unspecified atom stereocenters. The lowest BCUT2D eigenvalue weighted by atomic mass is 9.76. The third-order valence-electron chi connectivity index (χ3n) is 4.60. The van der Waals surface area contributed by atoms with Gasteiger partial charge in [0.1, 0.15) is 5.78 Å². The van der Waals surface area contributed by atoms with Crippen LogP contribution in [0.15, 0.2) is 48.5 Å². The Labute approximate surface area is 132 Å². The van der Waals surface area contributed by atoms with Crippen LogP contribution in [0.5, 0.6) is 0 Å². The van der Waals surface area contributed by atoms with Crippen molar-refractivity contribution in [2.24, 2.45) is 5.92 Å². The highest BCUT2D eigenvalue weighted by molar-refractivity contribution is 5.83. The molecule has 0 bridgehead atoms. The van der Waals surface area contributed by atoms with Gasteiger partial charge in [-0.25, -0.2) is 0 Å². The summed E-state index contributed by atoms with van der Waals surface area (Å²) in [6, 6.07) is 17.2. The second-order valence-corrected chi connectivity index (χ2v) is 6.33. The van der Waals surface area contributed by atoms with Gasteiger partial charge in [-0.15, -0.1) is 0 Å². The minimum Gasteiger partial charge on any atom is -0.316 e. The van der Waals surface area contributed by atoms with E-state index in [4.69, 9.17) is 0 Å². The van der Waals surface area contributed by atoms with Crippen LogP contribution in [-0.4, -0.2) is 18.9 Å². The Morgan fingerprint density at radius 2 is 1.41 bits per heavy atom. The standard InChI is InChI=1S/C20H23NO/c1-14-3-7-16(8-4-14)20(17-9-5-15(2)6-10-17)18-13-21-12-11-19(18)22/h3-10,18,20-21H,11-13H2,1-2H3. The molecular formula is C20H23NO. The molecule has 0 radical (unpaired) electrons. The van der Waals surface area contributed by atoms with Crippen LogP contribution in [0, 0.1) is 19.8 Å². The third-order valence-corrected chi connectivity index (χ3v) is 4.60. The minimum atomic E-state index is 0.0270. The summed E-state index contributed by atoms with van der Waals surface area (Å²) in [5.41, 5.74) is 4.96. The molecule has 1 aliphatic heterocycles. The quantitative estimate of drug-likeness (QED) is 0.936. The van der Waals surface area contributed by atoms with Gasteiger partial charge in [0.15, 0.2) is 0 Å². The Hall–Kier alpha value is -1.93. The molecule has 1 N–H and O–H groups in total. The highest BCUT2D eigenvalue weighted by atomic mass is 16.1. The van der Waals surface area contributed by atoms with Crippen LogP contribution < -0.4 is 5.32 Å². The number of nitrogens with one attached hydrogen (secondary N) is 1. The highest BCUT2D eigenvalue weighted by Crippen LogP contribution is 2.34. The fraction of sp³-hybridized carbons (Fsp3) is 0.350. The van der Waals surface area contributed by atoms with Crippen LogP contribution in [-0.2, 0) is 4.79 Å². The van der Waals surface area contributed by atoms with E-state index in [0.29, 0.717) is 12.2 Å². The molecule has 2 heteroatoms. The summed E-state index contributed by atoms with van der Waals surface area (Å²) < 4.78 is 0. The van der Waals surface area contributed by atoms with Gasteiger partial charge in [0.05, 0.1) is 0 Å². The number of Topliss-reactive ketones (excluding diaryl/α,β-unsaturated/α-hetero) is 1. The molecule has 0 amide bonds. The van der Waals surface area contributed by atoms with E-state index in [0.717, 1.165) is 13.1 Å². The molecule has 0 saturated carbocycles. The zero-order chi connectivity index (χ0) is 15.5. The summed E-state index contributed by atoms with van der Waals surface area (Å²) in [4.78, 5) is 12.5. The van der Waals surface area contributed by atoms with Gasteiger partial charge in [-0.2, -0.15) is 0 Å². The Morgan fingerprint density at radius 3 is 1.86 bits per heavy atom. The lowest BCUT2D eigenvalue weighted by molar-refractivity contribution is -0.124. The molecule has 3 rings (SSSR count). The maximum absolute atomic E-state index is 12.5. The van der Waals surface area contributed by atoms with Gasteiger partial charge in [-0.3, -0.25) is 4.79 Å². The van der Waals surface area contributed by atoms with E-state index in [1.807, 2.05) is 0 Å². The molecule has 1 saturated heterocycles. The van der Waals surface area contributed by atoms with E-state index in [1.54, 1.807) is 0 Å². The molecule has 0 spiro atoms. The van der Waals surface area contributed by atoms with E-state index in [2.05, 4.69) is 67.7 Å². The molecule has 2 nitrogen and oxygen atoms in total. The molecule has 1 heterocycles. The lowest BCUT2D eigenvalue weighted by Crippen LogP contribution is -2.40. The predicted octanol–water partition coefficient (Wildman–Crippen LogP) is 3.61.